The minimum Gasteiger partial charge on any atom is -0.484 e. The van der Waals surface area contributed by atoms with E-state index in [9.17, 15) is 9.90 Å². The van der Waals surface area contributed by atoms with Crippen LogP contribution in [0.4, 0.5) is 0 Å². The van der Waals surface area contributed by atoms with Crippen LogP contribution < -0.4 is 9.47 Å². The second-order valence-corrected chi connectivity index (χ2v) is 11.0. The Morgan fingerprint density at radius 2 is 2.18 bits per heavy atom. The van der Waals surface area contributed by atoms with Crippen LogP contribution in [0.1, 0.15) is 50.2 Å². The molecule has 150 valence electrons. The lowest BCUT2D eigenvalue weighted by Crippen LogP contribution is -2.76. The summed E-state index contributed by atoms with van der Waals surface area (Å²) in [5.41, 5.74) is 1.28. The summed E-state index contributed by atoms with van der Waals surface area (Å²) in [4.78, 5) is 14.2. The number of benzene rings is 1. The fourth-order valence-electron chi connectivity index (χ4n) is 6.65. The summed E-state index contributed by atoms with van der Waals surface area (Å²) in [6.45, 7) is 3.57. The van der Waals surface area contributed by atoms with Crippen molar-refractivity contribution >= 4 is 28.6 Å². The fourth-order valence-corrected chi connectivity index (χ4v) is 7.72. The van der Waals surface area contributed by atoms with Gasteiger partial charge in [0.15, 0.2) is 11.5 Å². The number of aliphatic hydroxyl groups is 1. The summed E-state index contributed by atoms with van der Waals surface area (Å²) in [5.74, 6) is 1.72. The molecule has 28 heavy (non-hydrogen) atoms. The highest BCUT2D eigenvalue weighted by Crippen LogP contribution is 2.66. The highest BCUT2D eigenvalue weighted by atomic mass is 127. The van der Waals surface area contributed by atoms with E-state index >= 15 is 0 Å². The van der Waals surface area contributed by atoms with Crippen molar-refractivity contribution in [3.05, 3.63) is 23.3 Å². The van der Waals surface area contributed by atoms with Gasteiger partial charge in [-0.05, 0) is 62.6 Å². The van der Waals surface area contributed by atoms with Gasteiger partial charge in [0.05, 0.1) is 11.0 Å². The summed E-state index contributed by atoms with van der Waals surface area (Å²) in [6, 6.07) is 4.15. The van der Waals surface area contributed by atoms with Gasteiger partial charge in [-0.3, -0.25) is 9.69 Å². The zero-order valence-corrected chi connectivity index (χ0v) is 18.3. The number of halogens is 1. The maximum absolute atomic E-state index is 12.3. The molecule has 6 rings (SSSR count). The minimum absolute atomic E-state index is 0.0526. The van der Waals surface area contributed by atoms with E-state index in [1.807, 2.05) is 6.07 Å². The van der Waals surface area contributed by atoms with Gasteiger partial charge in [0, 0.05) is 29.0 Å². The van der Waals surface area contributed by atoms with Crippen LogP contribution in [0.15, 0.2) is 12.1 Å². The van der Waals surface area contributed by atoms with Crippen LogP contribution in [0, 0.1) is 5.92 Å². The second-order valence-electron chi connectivity index (χ2n) is 9.42. The molecule has 0 radical (unpaired) electrons. The first-order valence-electron chi connectivity index (χ1n) is 10.6. The maximum atomic E-state index is 12.3. The molecule has 5 atom stereocenters. The van der Waals surface area contributed by atoms with Gasteiger partial charge in [0.2, 0.25) is 0 Å². The Morgan fingerprint density at radius 1 is 1.36 bits per heavy atom. The molecular weight excluding hydrogens is 469 g/mol. The zero-order chi connectivity index (χ0) is 19.3. The number of piperidine rings is 1. The predicted molar refractivity (Wildman–Crippen MR) is 112 cm³/mol. The average molecular weight is 495 g/mol. The van der Waals surface area contributed by atoms with Gasteiger partial charge in [0.25, 0.3) is 0 Å². The Balaban J connectivity index is 1.53. The molecule has 2 saturated carbocycles. The number of esters is 1. The lowest BCUT2D eigenvalue weighted by Gasteiger charge is -2.63. The molecule has 3 fully saturated rings. The molecule has 6 heteroatoms. The summed E-state index contributed by atoms with van der Waals surface area (Å²) in [6.07, 6.45) is 6.17. The first-order valence-corrected chi connectivity index (χ1v) is 11.8. The SMILES string of the molecule is CC(=O)Oc1ccc2c3c1O[C@H]1[C@H](I)CCC4(O)[C@@H](C2)N(CC2CC2)CC[C@]314. The number of rotatable bonds is 3. The van der Waals surface area contributed by atoms with Gasteiger partial charge in [-0.15, -0.1) is 0 Å². The van der Waals surface area contributed by atoms with Crippen LogP contribution in [0.5, 0.6) is 11.5 Å². The number of hydrogen-bond acceptors (Lipinski definition) is 5. The second kappa shape index (κ2) is 5.85. The number of nitrogens with zero attached hydrogens (tertiary/aromatic N) is 1. The van der Waals surface area contributed by atoms with Gasteiger partial charge in [-0.1, -0.05) is 28.7 Å². The van der Waals surface area contributed by atoms with Crippen molar-refractivity contribution in [2.45, 2.75) is 72.5 Å². The van der Waals surface area contributed by atoms with Crippen molar-refractivity contribution < 1.29 is 19.4 Å². The standard InChI is InChI=1S/C22H26INO4/c1-12(25)27-16-5-4-14-10-17-22(26)7-6-15(23)20-21(22,18(14)19(16)28-20)8-9-24(17)11-13-2-3-13/h4-5,13,15,17,20,26H,2-3,6-11H2,1H3/t15-,17-,20+,21+,22?/m1/s1. The molecule has 1 N–H and O–H groups in total. The van der Waals surface area contributed by atoms with Crippen molar-refractivity contribution in [3.63, 3.8) is 0 Å². The topological polar surface area (TPSA) is 59.0 Å². The van der Waals surface area contributed by atoms with E-state index in [0.717, 1.165) is 50.3 Å². The number of ether oxygens (including phenoxy) is 2. The predicted octanol–water partition coefficient (Wildman–Crippen LogP) is 2.98. The minimum atomic E-state index is -0.764. The zero-order valence-electron chi connectivity index (χ0n) is 16.1. The van der Waals surface area contributed by atoms with Crippen molar-refractivity contribution in [2.75, 3.05) is 13.1 Å². The van der Waals surface area contributed by atoms with E-state index in [1.165, 1.54) is 25.3 Å². The first kappa shape index (κ1) is 18.0. The Bertz CT molecular complexity index is 870. The molecule has 5 aliphatic rings. The molecule has 0 aromatic heterocycles. The molecule has 3 aliphatic carbocycles. The molecule has 1 aromatic carbocycles. The molecule has 1 aromatic rings. The van der Waals surface area contributed by atoms with Crippen LogP contribution in [-0.4, -0.2) is 50.7 Å². The van der Waals surface area contributed by atoms with Crippen LogP contribution in [0.3, 0.4) is 0 Å². The normalized spacial score (nSPS) is 40.6. The van der Waals surface area contributed by atoms with E-state index in [1.54, 1.807) is 0 Å². The number of carbonyl (C=O) groups excluding carboxylic acids is 1. The highest BCUT2D eigenvalue weighted by Gasteiger charge is 2.72. The number of likely N-dealkylation sites (tertiary alicyclic amines) is 1. The van der Waals surface area contributed by atoms with E-state index in [4.69, 9.17) is 9.47 Å². The Hall–Kier alpha value is -0.860. The van der Waals surface area contributed by atoms with E-state index < -0.39 is 5.60 Å². The van der Waals surface area contributed by atoms with Crippen LogP contribution in [0.2, 0.25) is 0 Å². The summed E-state index contributed by atoms with van der Waals surface area (Å²) in [7, 11) is 0. The van der Waals surface area contributed by atoms with Crippen molar-refractivity contribution in [3.8, 4) is 11.5 Å². The van der Waals surface area contributed by atoms with E-state index in [2.05, 4.69) is 33.6 Å². The first-order chi connectivity index (χ1) is 13.4. The summed E-state index contributed by atoms with van der Waals surface area (Å²) in [5, 5.41) is 12.3. The average Bonchev–Trinajstić information content (AvgIpc) is 3.38. The van der Waals surface area contributed by atoms with Crippen LogP contribution in [0.25, 0.3) is 0 Å². The van der Waals surface area contributed by atoms with Gasteiger partial charge < -0.3 is 14.6 Å². The van der Waals surface area contributed by atoms with Crippen molar-refractivity contribution in [1.82, 2.24) is 4.90 Å². The molecule has 1 spiro atoms. The number of carbonyl (C=O) groups is 1. The molecule has 5 nitrogen and oxygen atoms in total. The number of hydrogen-bond donors (Lipinski definition) is 1. The third kappa shape index (κ3) is 2.17. The third-order valence-corrected chi connectivity index (χ3v) is 9.20. The molecule has 2 heterocycles. The smallest absolute Gasteiger partial charge is 0.308 e. The highest BCUT2D eigenvalue weighted by molar-refractivity contribution is 14.1. The van der Waals surface area contributed by atoms with Crippen molar-refractivity contribution in [2.24, 2.45) is 5.92 Å². The largest absolute Gasteiger partial charge is 0.484 e. The molecule has 0 amide bonds. The monoisotopic (exact) mass is 495 g/mol. The molecule has 2 aliphatic heterocycles. The van der Waals surface area contributed by atoms with E-state index in [-0.39, 0.29) is 23.5 Å². The van der Waals surface area contributed by atoms with Crippen LogP contribution in [-0.2, 0) is 16.6 Å². The maximum Gasteiger partial charge on any atom is 0.308 e. The van der Waals surface area contributed by atoms with Gasteiger partial charge >= 0.3 is 5.97 Å². The summed E-state index contributed by atoms with van der Waals surface area (Å²) < 4.78 is 12.4. The van der Waals surface area contributed by atoms with Crippen LogP contribution >= 0.6 is 22.6 Å². The molecule has 2 bridgehead atoms. The Labute approximate surface area is 178 Å². The lowest BCUT2D eigenvalue weighted by molar-refractivity contribution is -0.182. The van der Waals surface area contributed by atoms with Gasteiger partial charge in [0.1, 0.15) is 6.10 Å². The Morgan fingerprint density at radius 3 is 2.93 bits per heavy atom. The number of alkyl halides is 1. The Kier molecular flexibility index (Phi) is 3.75. The quantitative estimate of drug-likeness (QED) is 0.303. The van der Waals surface area contributed by atoms with Gasteiger partial charge in [-0.2, -0.15) is 0 Å². The summed E-state index contributed by atoms with van der Waals surface area (Å²) >= 11 is 2.50. The van der Waals surface area contributed by atoms with E-state index in [0.29, 0.717) is 15.4 Å². The third-order valence-electron chi connectivity index (χ3n) is 7.93. The van der Waals surface area contributed by atoms with Crippen molar-refractivity contribution in [1.29, 1.82) is 0 Å². The fraction of sp³-hybridized carbons (Fsp3) is 0.682. The molecule has 1 saturated heterocycles. The van der Waals surface area contributed by atoms with Gasteiger partial charge in [-0.25, -0.2) is 0 Å². The lowest BCUT2D eigenvalue weighted by atomic mass is 9.49. The molecular formula is C22H26INO4. The molecule has 1 unspecified atom stereocenters.